The highest BCUT2D eigenvalue weighted by atomic mass is 32.2. The zero-order valence-electron chi connectivity index (χ0n) is 13.1. The number of nitrogens with one attached hydrogen (secondary N) is 1. The summed E-state index contributed by atoms with van der Waals surface area (Å²) < 4.78 is 25.2. The lowest BCUT2D eigenvalue weighted by Gasteiger charge is -2.31. The van der Waals surface area contributed by atoms with Gasteiger partial charge in [-0.2, -0.15) is 0 Å². The molecule has 0 heterocycles. The van der Waals surface area contributed by atoms with Crippen molar-refractivity contribution >= 4 is 15.9 Å². The maximum atomic E-state index is 12.5. The molecule has 0 bridgehead atoms. The van der Waals surface area contributed by atoms with E-state index in [1.807, 2.05) is 27.7 Å². The van der Waals surface area contributed by atoms with Crippen molar-refractivity contribution in [2.75, 3.05) is 19.4 Å². The van der Waals surface area contributed by atoms with E-state index in [-0.39, 0.29) is 24.5 Å². The maximum Gasteiger partial charge on any atom is 0.240 e. The van der Waals surface area contributed by atoms with Crippen LogP contribution < -0.4 is 4.72 Å². The molecule has 6 nitrogen and oxygen atoms in total. The van der Waals surface area contributed by atoms with Crippen LogP contribution in [-0.2, 0) is 14.8 Å². The van der Waals surface area contributed by atoms with E-state index in [2.05, 4.69) is 4.72 Å². The summed E-state index contributed by atoms with van der Waals surface area (Å²) in [5.41, 5.74) is 0. The normalized spacial score (nSPS) is 13.8. The second-order valence-corrected chi connectivity index (χ2v) is 7.55. The van der Waals surface area contributed by atoms with Crippen LogP contribution in [0.15, 0.2) is 0 Å². The van der Waals surface area contributed by atoms with E-state index < -0.39 is 16.1 Å². The number of nitrogens with zero attached hydrogens (tertiary/aromatic N) is 1. The van der Waals surface area contributed by atoms with Gasteiger partial charge in [-0.25, -0.2) is 13.1 Å². The fourth-order valence-electron chi connectivity index (χ4n) is 1.99. The first kappa shape index (κ1) is 19.3. The van der Waals surface area contributed by atoms with E-state index in [1.54, 1.807) is 4.90 Å². The van der Waals surface area contributed by atoms with Crippen LogP contribution in [0.5, 0.6) is 0 Å². The molecule has 1 amide bonds. The van der Waals surface area contributed by atoms with Crippen LogP contribution in [-0.4, -0.2) is 55.8 Å². The lowest BCUT2D eigenvalue weighted by Crippen LogP contribution is -2.51. The highest BCUT2D eigenvalue weighted by Gasteiger charge is 2.28. The van der Waals surface area contributed by atoms with Gasteiger partial charge in [-0.1, -0.05) is 13.8 Å². The predicted octanol–water partition coefficient (Wildman–Crippen LogP) is 0.570. The lowest BCUT2D eigenvalue weighted by molar-refractivity contribution is -0.135. The molecule has 0 aliphatic carbocycles. The number of amides is 1. The SMILES string of the molecule is CC(C)CC(NS(C)(=O)=O)C(=O)N(CCCO)C(C)C. The minimum atomic E-state index is -3.44. The van der Waals surface area contributed by atoms with E-state index in [9.17, 15) is 13.2 Å². The van der Waals surface area contributed by atoms with Gasteiger partial charge < -0.3 is 10.0 Å². The first-order chi connectivity index (χ1) is 9.08. The molecule has 120 valence electrons. The van der Waals surface area contributed by atoms with Gasteiger partial charge in [0.1, 0.15) is 6.04 Å². The molecule has 0 aromatic carbocycles. The molecule has 0 spiro atoms. The summed E-state index contributed by atoms with van der Waals surface area (Å²) in [6, 6.07) is -0.781. The summed E-state index contributed by atoms with van der Waals surface area (Å²) in [7, 11) is -3.44. The largest absolute Gasteiger partial charge is 0.396 e. The van der Waals surface area contributed by atoms with Crippen LogP contribution >= 0.6 is 0 Å². The quantitative estimate of drug-likeness (QED) is 0.652. The third kappa shape index (κ3) is 7.81. The molecular formula is C13H28N2O4S. The number of rotatable bonds is 9. The molecule has 0 aliphatic heterocycles. The number of hydrogen-bond donors (Lipinski definition) is 2. The van der Waals surface area contributed by atoms with Gasteiger partial charge in [0.05, 0.1) is 6.26 Å². The number of aliphatic hydroxyl groups excluding tert-OH is 1. The third-order valence-corrected chi connectivity index (χ3v) is 3.54. The number of carbonyl (C=O) groups is 1. The molecule has 0 aromatic rings. The Morgan fingerprint density at radius 1 is 1.25 bits per heavy atom. The van der Waals surface area contributed by atoms with Crippen LogP contribution in [0, 0.1) is 5.92 Å². The average Bonchev–Trinajstić information content (AvgIpc) is 2.25. The summed E-state index contributed by atoms with van der Waals surface area (Å²) >= 11 is 0. The maximum absolute atomic E-state index is 12.5. The molecular weight excluding hydrogens is 280 g/mol. The molecule has 0 radical (unpaired) electrons. The van der Waals surface area contributed by atoms with Crippen molar-refractivity contribution in [3.8, 4) is 0 Å². The van der Waals surface area contributed by atoms with Gasteiger partial charge >= 0.3 is 0 Å². The van der Waals surface area contributed by atoms with Crippen LogP contribution in [0.25, 0.3) is 0 Å². The molecule has 0 saturated heterocycles. The molecule has 2 N–H and O–H groups in total. The first-order valence-electron chi connectivity index (χ1n) is 6.97. The molecule has 1 atom stereocenters. The predicted molar refractivity (Wildman–Crippen MR) is 79.8 cm³/mol. The minimum absolute atomic E-state index is 0.00481. The van der Waals surface area contributed by atoms with Gasteiger partial charge in [0.15, 0.2) is 0 Å². The highest BCUT2D eigenvalue weighted by Crippen LogP contribution is 2.11. The Hall–Kier alpha value is -0.660. The molecule has 0 aromatic heterocycles. The molecule has 7 heteroatoms. The van der Waals surface area contributed by atoms with E-state index >= 15 is 0 Å². The van der Waals surface area contributed by atoms with Crippen molar-refractivity contribution in [1.29, 1.82) is 0 Å². The van der Waals surface area contributed by atoms with Crippen LogP contribution in [0.1, 0.15) is 40.5 Å². The van der Waals surface area contributed by atoms with Crippen molar-refractivity contribution in [2.24, 2.45) is 5.92 Å². The standard InChI is InChI=1S/C13H28N2O4S/c1-10(2)9-12(14-20(5,18)19)13(17)15(11(3)4)7-6-8-16/h10-12,14,16H,6-9H2,1-5H3. The molecule has 0 saturated carbocycles. The summed E-state index contributed by atoms with van der Waals surface area (Å²) in [5, 5.41) is 8.90. The molecule has 0 rings (SSSR count). The summed E-state index contributed by atoms with van der Waals surface area (Å²) in [5.74, 6) is -0.0300. The Morgan fingerprint density at radius 2 is 1.80 bits per heavy atom. The lowest BCUT2D eigenvalue weighted by atomic mass is 10.0. The van der Waals surface area contributed by atoms with E-state index in [0.717, 1.165) is 6.26 Å². The molecule has 20 heavy (non-hydrogen) atoms. The fraction of sp³-hybridized carbons (Fsp3) is 0.923. The highest BCUT2D eigenvalue weighted by molar-refractivity contribution is 7.88. The Bertz CT molecular complexity index is 393. The molecule has 0 aliphatic rings. The third-order valence-electron chi connectivity index (χ3n) is 2.83. The number of hydrogen-bond acceptors (Lipinski definition) is 4. The van der Waals surface area contributed by atoms with Gasteiger partial charge in [0.25, 0.3) is 0 Å². The van der Waals surface area contributed by atoms with Crippen molar-refractivity contribution in [3.63, 3.8) is 0 Å². The van der Waals surface area contributed by atoms with Gasteiger partial charge in [0.2, 0.25) is 15.9 Å². The van der Waals surface area contributed by atoms with Gasteiger partial charge in [0, 0.05) is 19.2 Å². The van der Waals surface area contributed by atoms with Crippen molar-refractivity contribution < 1.29 is 18.3 Å². The smallest absolute Gasteiger partial charge is 0.240 e. The van der Waals surface area contributed by atoms with Crippen molar-refractivity contribution in [3.05, 3.63) is 0 Å². The zero-order valence-corrected chi connectivity index (χ0v) is 13.9. The van der Waals surface area contributed by atoms with E-state index in [1.165, 1.54) is 0 Å². The Morgan fingerprint density at radius 3 is 2.15 bits per heavy atom. The first-order valence-corrected chi connectivity index (χ1v) is 8.86. The number of aliphatic hydroxyl groups is 1. The van der Waals surface area contributed by atoms with Crippen LogP contribution in [0.3, 0.4) is 0 Å². The second-order valence-electron chi connectivity index (χ2n) is 5.77. The second kappa shape index (κ2) is 8.59. The summed E-state index contributed by atoms with van der Waals surface area (Å²) in [4.78, 5) is 14.1. The van der Waals surface area contributed by atoms with E-state index in [0.29, 0.717) is 19.4 Å². The van der Waals surface area contributed by atoms with Crippen LogP contribution in [0.4, 0.5) is 0 Å². The molecule has 0 fully saturated rings. The Kier molecular flexibility index (Phi) is 8.30. The average molecular weight is 308 g/mol. The zero-order chi connectivity index (χ0) is 15.9. The number of carbonyl (C=O) groups excluding carboxylic acids is 1. The van der Waals surface area contributed by atoms with Gasteiger partial charge in [-0.05, 0) is 32.6 Å². The topological polar surface area (TPSA) is 86.7 Å². The number of sulfonamides is 1. The van der Waals surface area contributed by atoms with E-state index in [4.69, 9.17) is 5.11 Å². The van der Waals surface area contributed by atoms with Gasteiger partial charge in [-0.3, -0.25) is 4.79 Å². The minimum Gasteiger partial charge on any atom is -0.396 e. The Labute approximate surface area is 122 Å². The van der Waals surface area contributed by atoms with Crippen LogP contribution in [0.2, 0.25) is 0 Å². The summed E-state index contributed by atoms with van der Waals surface area (Å²) in [6.45, 7) is 8.07. The van der Waals surface area contributed by atoms with Gasteiger partial charge in [-0.15, -0.1) is 0 Å². The summed E-state index contributed by atoms with van der Waals surface area (Å²) in [6.07, 6.45) is 1.99. The molecule has 1 unspecified atom stereocenters. The van der Waals surface area contributed by atoms with Crippen molar-refractivity contribution in [2.45, 2.75) is 52.6 Å². The van der Waals surface area contributed by atoms with Crippen molar-refractivity contribution in [1.82, 2.24) is 9.62 Å². The monoisotopic (exact) mass is 308 g/mol. The Balaban J connectivity index is 5.05. The fourth-order valence-corrected chi connectivity index (χ4v) is 2.71.